The molecule has 0 aliphatic heterocycles. The zero-order valence-corrected chi connectivity index (χ0v) is 10.9. The maximum Gasteiger partial charge on any atom is 0.0436 e. The van der Waals surface area contributed by atoms with E-state index >= 15 is 0 Å². The van der Waals surface area contributed by atoms with Crippen LogP contribution in [0.3, 0.4) is 0 Å². The van der Waals surface area contributed by atoms with Gasteiger partial charge in [0.1, 0.15) is 0 Å². The summed E-state index contributed by atoms with van der Waals surface area (Å²) in [5.41, 5.74) is 0.608. The summed E-state index contributed by atoms with van der Waals surface area (Å²) in [6.07, 6.45) is 8.23. The van der Waals surface area contributed by atoms with Crippen LogP contribution in [0.15, 0.2) is 0 Å². The first-order chi connectivity index (χ1) is 5.81. The van der Waals surface area contributed by atoms with Gasteiger partial charge in [-0.1, -0.05) is 39.0 Å². The first-order valence-corrected chi connectivity index (χ1v) is 6.58. The Bertz CT molecular complexity index is 85.9. The number of unbranched alkanes of at least 4 members (excludes halogenated alkanes) is 4. The van der Waals surface area contributed by atoms with Crippen molar-refractivity contribution in [2.45, 2.75) is 58.1 Å². The summed E-state index contributed by atoms with van der Waals surface area (Å²) in [6.45, 7) is 5.24. The van der Waals surface area contributed by atoms with E-state index in [1.165, 1.54) is 48.8 Å². The number of rotatable bonds is 8. The average Bonchev–Trinajstić information content (AvgIpc) is 2.05. The second-order valence-corrected chi connectivity index (χ2v) is 4.76. The van der Waals surface area contributed by atoms with E-state index in [9.17, 15) is 0 Å². The zero-order chi connectivity index (χ0) is 9.23. The van der Waals surface area contributed by atoms with Gasteiger partial charge in [0.25, 0.3) is 0 Å². The van der Waals surface area contributed by atoms with Gasteiger partial charge in [0.15, 0.2) is 0 Å². The Labute approximate surface area is 80.3 Å². The molecule has 0 aromatic rings. The molecule has 0 aromatic carbocycles. The third-order valence-corrected chi connectivity index (χ3v) is 3.08. The van der Waals surface area contributed by atoms with Gasteiger partial charge in [-0.3, -0.25) is 0 Å². The third-order valence-electron chi connectivity index (χ3n) is 2.17. The van der Waals surface area contributed by atoms with Gasteiger partial charge in [-0.2, -0.15) is 0 Å². The van der Waals surface area contributed by atoms with Crippen LogP contribution in [-0.2, 0) is 4.74 Å². The lowest BCUT2D eigenvalue weighted by atomic mass is 10.1. The van der Waals surface area contributed by atoms with Gasteiger partial charge in [0, 0.05) is 22.6 Å². The highest BCUT2D eigenvalue weighted by molar-refractivity contribution is 6.10. The van der Waals surface area contributed by atoms with Crippen molar-refractivity contribution in [3.05, 3.63) is 0 Å². The van der Waals surface area contributed by atoms with Crippen molar-refractivity contribution in [3.63, 3.8) is 0 Å². The fraction of sp³-hybridized carbons (Fsp3) is 1.00. The van der Waals surface area contributed by atoms with Crippen LogP contribution in [0.5, 0.6) is 0 Å². The quantitative estimate of drug-likeness (QED) is 0.418. The minimum Gasteiger partial charge on any atom is -0.383 e. The van der Waals surface area contributed by atoms with Gasteiger partial charge < -0.3 is 4.74 Å². The molecule has 0 aromatic heterocycles. The highest BCUT2D eigenvalue weighted by Crippen LogP contribution is 2.07. The van der Waals surface area contributed by atoms with Crippen LogP contribution in [0.25, 0.3) is 0 Å². The van der Waals surface area contributed by atoms with Gasteiger partial charge in [-0.05, 0) is 13.3 Å². The predicted octanol–water partition coefficient (Wildman–Crippen LogP) is 2.07. The molecule has 0 saturated carbocycles. The Balaban J connectivity index is 2.97. The van der Waals surface area contributed by atoms with Crippen LogP contribution in [0, 0.1) is 0 Å². The molecule has 0 rings (SSSR count). The Hall–Kier alpha value is 0.177. The van der Waals surface area contributed by atoms with Crippen molar-refractivity contribution in [1.82, 2.24) is 0 Å². The summed E-state index contributed by atoms with van der Waals surface area (Å²) in [4.78, 5) is 0. The molecular weight excluding hydrogens is 164 g/mol. The summed E-state index contributed by atoms with van der Waals surface area (Å²) >= 11 is 0. The molecule has 74 valence electrons. The Morgan fingerprint density at radius 2 is 1.75 bits per heavy atom. The first kappa shape index (κ1) is 12.2. The van der Waals surface area contributed by atoms with Crippen molar-refractivity contribution < 1.29 is 4.74 Å². The Morgan fingerprint density at radius 1 is 1.08 bits per heavy atom. The van der Waals surface area contributed by atoms with Gasteiger partial charge in [-0.15, -0.1) is 0 Å². The second kappa shape index (κ2) is 9.27. The van der Waals surface area contributed by atoms with Crippen molar-refractivity contribution in [2.75, 3.05) is 6.61 Å². The minimum atomic E-state index is 0.608. The Morgan fingerprint density at radius 3 is 2.33 bits per heavy atom. The molecule has 0 fully saturated rings. The molecule has 0 radical (unpaired) electrons. The van der Waals surface area contributed by atoms with Crippen molar-refractivity contribution in [3.8, 4) is 0 Å². The van der Waals surface area contributed by atoms with E-state index in [4.69, 9.17) is 4.74 Å². The normalized spacial score (nSPS) is 13.5. The summed E-state index contributed by atoms with van der Waals surface area (Å²) in [5, 5.41) is 0. The summed E-state index contributed by atoms with van der Waals surface area (Å²) in [7, 11) is 1.20. The summed E-state index contributed by atoms with van der Waals surface area (Å²) in [6, 6.07) is 0. The molecule has 1 unspecified atom stereocenters. The van der Waals surface area contributed by atoms with E-state index in [1.807, 2.05) is 0 Å². The molecule has 0 aliphatic rings. The van der Waals surface area contributed by atoms with Crippen LogP contribution in [0.4, 0.5) is 0 Å². The largest absolute Gasteiger partial charge is 0.383 e. The molecule has 0 bridgehead atoms. The molecule has 1 atom stereocenters. The third kappa shape index (κ3) is 8.28. The summed E-state index contributed by atoms with van der Waals surface area (Å²) in [5.74, 6) is 0. The maximum absolute atomic E-state index is 5.51. The molecule has 12 heavy (non-hydrogen) atoms. The van der Waals surface area contributed by atoms with E-state index in [0.717, 1.165) is 6.61 Å². The lowest BCUT2D eigenvalue weighted by Gasteiger charge is -2.10. The maximum atomic E-state index is 5.51. The van der Waals surface area contributed by atoms with E-state index in [2.05, 4.69) is 13.8 Å². The smallest absolute Gasteiger partial charge is 0.0436 e. The minimum absolute atomic E-state index is 0.608. The van der Waals surface area contributed by atoms with Crippen LogP contribution >= 0.6 is 0 Å². The monoisotopic (exact) mass is 188 g/mol. The van der Waals surface area contributed by atoms with Gasteiger partial charge in [0.2, 0.25) is 0 Å². The molecule has 2 heteroatoms. The van der Waals surface area contributed by atoms with Gasteiger partial charge in [-0.25, -0.2) is 0 Å². The number of hydrogen-bond acceptors (Lipinski definition) is 1. The van der Waals surface area contributed by atoms with E-state index < -0.39 is 0 Å². The van der Waals surface area contributed by atoms with Gasteiger partial charge >= 0.3 is 0 Å². The summed E-state index contributed by atoms with van der Waals surface area (Å²) < 4.78 is 5.51. The molecule has 0 heterocycles. The molecule has 0 N–H and O–H groups in total. The van der Waals surface area contributed by atoms with E-state index in [1.54, 1.807) is 0 Å². The topological polar surface area (TPSA) is 9.23 Å². The average molecular weight is 188 g/mol. The first-order valence-electron chi connectivity index (χ1n) is 5.42. The zero-order valence-electron chi connectivity index (χ0n) is 8.94. The Kier molecular flexibility index (Phi) is 9.40. The predicted molar refractivity (Wildman–Crippen MR) is 58.7 cm³/mol. The lowest BCUT2D eigenvalue weighted by Crippen LogP contribution is -2.11. The lowest BCUT2D eigenvalue weighted by molar-refractivity contribution is 0.111. The highest BCUT2D eigenvalue weighted by atomic mass is 28.1. The molecule has 0 spiro atoms. The van der Waals surface area contributed by atoms with Crippen molar-refractivity contribution in [1.29, 1.82) is 0 Å². The standard InChI is InChI=1S/C10H24OSi/c1-3-5-6-7-8-9-10(12)11-4-2/h10H,3-9H2,1-2,12H3. The highest BCUT2D eigenvalue weighted by Gasteiger charge is 1.99. The van der Waals surface area contributed by atoms with E-state index in [0.29, 0.717) is 5.73 Å². The van der Waals surface area contributed by atoms with Gasteiger partial charge in [0.05, 0.1) is 0 Å². The van der Waals surface area contributed by atoms with Crippen LogP contribution in [0.1, 0.15) is 52.4 Å². The van der Waals surface area contributed by atoms with Crippen LogP contribution < -0.4 is 0 Å². The van der Waals surface area contributed by atoms with Crippen molar-refractivity contribution >= 4 is 10.2 Å². The van der Waals surface area contributed by atoms with E-state index in [-0.39, 0.29) is 0 Å². The molecular formula is C10H24OSi. The fourth-order valence-electron chi connectivity index (χ4n) is 1.40. The van der Waals surface area contributed by atoms with Crippen LogP contribution in [0.2, 0.25) is 0 Å². The SMILES string of the molecule is CCCCCCCC([SiH3])OCC. The molecule has 1 nitrogen and oxygen atoms in total. The molecule has 0 aliphatic carbocycles. The van der Waals surface area contributed by atoms with Crippen molar-refractivity contribution in [2.24, 2.45) is 0 Å². The number of hydrogen-bond donors (Lipinski definition) is 0. The number of ether oxygens (including phenoxy) is 1. The van der Waals surface area contributed by atoms with Crippen LogP contribution in [-0.4, -0.2) is 22.6 Å². The second-order valence-electron chi connectivity index (χ2n) is 3.47. The fourth-order valence-corrected chi connectivity index (χ4v) is 2.14. The molecule has 0 saturated heterocycles. The molecule has 0 amide bonds.